The minimum Gasteiger partial charge on any atom is -0.356 e. The largest absolute Gasteiger partial charge is 0.356 e. The molecular formula is C26H36ClN3OS. The van der Waals surface area contributed by atoms with Gasteiger partial charge in [0.25, 0.3) is 0 Å². The molecule has 1 amide bonds. The molecule has 2 unspecified atom stereocenters. The number of nitrogens with zero attached hydrogens (tertiary/aromatic N) is 2. The van der Waals surface area contributed by atoms with Gasteiger partial charge in [-0.25, -0.2) is 0 Å². The molecule has 174 valence electrons. The molecule has 0 bridgehead atoms. The molecule has 4 rings (SSSR count). The Morgan fingerprint density at radius 3 is 2.53 bits per heavy atom. The molecule has 2 aromatic rings. The summed E-state index contributed by atoms with van der Waals surface area (Å²) >= 11 is 1.84. The molecule has 0 aliphatic carbocycles. The van der Waals surface area contributed by atoms with Gasteiger partial charge in [-0.1, -0.05) is 50.2 Å². The van der Waals surface area contributed by atoms with Crippen LogP contribution in [0.25, 0.3) is 0 Å². The minimum absolute atomic E-state index is 0. The first kappa shape index (κ1) is 24.9. The van der Waals surface area contributed by atoms with E-state index in [2.05, 4.69) is 78.4 Å². The maximum absolute atomic E-state index is 12.5. The van der Waals surface area contributed by atoms with Gasteiger partial charge in [-0.05, 0) is 68.6 Å². The van der Waals surface area contributed by atoms with Crippen LogP contribution in [0.4, 0.5) is 11.4 Å². The standard InChI is InChI=1S/C26H35N3OS.ClH/c1-4-19(2)17-27-26(30)16-21-11-12-25-23(15-21)29(20(3)18-28-13-7-8-14-28)22-9-5-6-10-24(22)31-25;/h5-6,9-12,15,19-20H,4,7-8,13-14,16-18H2,1-3H3,(H,27,30);1H. The van der Waals surface area contributed by atoms with E-state index in [-0.39, 0.29) is 18.3 Å². The predicted molar refractivity (Wildman–Crippen MR) is 138 cm³/mol. The van der Waals surface area contributed by atoms with Gasteiger partial charge in [0.1, 0.15) is 0 Å². The molecule has 0 aromatic heterocycles. The number of hydrogen-bond donors (Lipinski definition) is 1. The second kappa shape index (κ2) is 11.4. The third kappa shape index (κ3) is 5.81. The highest BCUT2D eigenvalue weighted by atomic mass is 35.5. The van der Waals surface area contributed by atoms with Crippen molar-refractivity contribution in [3.05, 3.63) is 48.0 Å². The van der Waals surface area contributed by atoms with Crippen LogP contribution in [-0.4, -0.2) is 43.0 Å². The number of likely N-dealkylation sites (tertiary alicyclic amines) is 1. The molecule has 2 atom stereocenters. The van der Waals surface area contributed by atoms with E-state index < -0.39 is 0 Å². The lowest BCUT2D eigenvalue weighted by atomic mass is 10.1. The van der Waals surface area contributed by atoms with E-state index in [9.17, 15) is 4.79 Å². The van der Waals surface area contributed by atoms with Gasteiger partial charge in [0, 0.05) is 28.9 Å². The lowest BCUT2D eigenvalue weighted by Gasteiger charge is -2.39. The monoisotopic (exact) mass is 473 g/mol. The molecule has 1 N–H and O–H groups in total. The molecule has 0 radical (unpaired) electrons. The summed E-state index contributed by atoms with van der Waals surface area (Å²) in [7, 11) is 0. The molecule has 32 heavy (non-hydrogen) atoms. The maximum Gasteiger partial charge on any atom is 0.224 e. The lowest BCUT2D eigenvalue weighted by molar-refractivity contribution is -0.120. The van der Waals surface area contributed by atoms with Gasteiger partial charge in [0.15, 0.2) is 0 Å². The van der Waals surface area contributed by atoms with E-state index in [4.69, 9.17) is 0 Å². The first-order valence-corrected chi connectivity index (χ1v) is 12.5. The van der Waals surface area contributed by atoms with Crippen molar-refractivity contribution >= 4 is 41.5 Å². The number of fused-ring (bicyclic) bond motifs is 2. The van der Waals surface area contributed by atoms with Crippen molar-refractivity contribution in [2.75, 3.05) is 31.1 Å². The molecule has 6 heteroatoms. The summed E-state index contributed by atoms with van der Waals surface area (Å²) in [6.45, 7) is 10.9. The summed E-state index contributed by atoms with van der Waals surface area (Å²) in [6.07, 6.45) is 4.14. The quantitative estimate of drug-likeness (QED) is 0.517. The Bertz CT molecular complexity index is 916. The molecule has 2 aliphatic heterocycles. The minimum atomic E-state index is 0. The number of amides is 1. The van der Waals surface area contributed by atoms with Crippen LogP contribution in [0.1, 0.15) is 45.6 Å². The van der Waals surface area contributed by atoms with Crippen molar-refractivity contribution in [1.29, 1.82) is 0 Å². The van der Waals surface area contributed by atoms with Crippen LogP contribution in [0.2, 0.25) is 0 Å². The van der Waals surface area contributed by atoms with Crippen molar-refractivity contribution in [3.63, 3.8) is 0 Å². The number of hydrogen-bond acceptors (Lipinski definition) is 4. The molecule has 0 saturated carbocycles. The van der Waals surface area contributed by atoms with Crippen molar-refractivity contribution in [3.8, 4) is 0 Å². The van der Waals surface area contributed by atoms with Crippen LogP contribution in [-0.2, 0) is 11.2 Å². The molecule has 2 aromatic carbocycles. The number of para-hydroxylation sites is 1. The molecule has 4 nitrogen and oxygen atoms in total. The first-order chi connectivity index (χ1) is 15.0. The smallest absolute Gasteiger partial charge is 0.224 e. The lowest BCUT2D eigenvalue weighted by Crippen LogP contribution is -2.40. The summed E-state index contributed by atoms with van der Waals surface area (Å²) in [5, 5.41) is 3.10. The van der Waals surface area contributed by atoms with Crippen LogP contribution in [0, 0.1) is 5.92 Å². The normalized spacial score (nSPS) is 17.2. The van der Waals surface area contributed by atoms with Gasteiger partial charge in [-0.2, -0.15) is 0 Å². The highest BCUT2D eigenvalue weighted by Crippen LogP contribution is 2.49. The summed E-state index contributed by atoms with van der Waals surface area (Å²) in [5.41, 5.74) is 3.60. The van der Waals surface area contributed by atoms with E-state index in [1.165, 1.54) is 47.1 Å². The maximum atomic E-state index is 12.5. The zero-order valence-corrected chi connectivity index (χ0v) is 21.1. The van der Waals surface area contributed by atoms with Gasteiger partial charge >= 0.3 is 0 Å². The average molecular weight is 474 g/mol. The number of halogens is 1. The number of nitrogens with one attached hydrogen (secondary N) is 1. The van der Waals surface area contributed by atoms with E-state index in [0.717, 1.165) is 25.1 Å². The van der Waals surface area contributed by atoms with Crippen LogP contribution in [0.5, 0.6) is 0 Å². The molecule has 2 aliphatic rings. The second-order valence-electron chi connectivity index (χ2n) is 9.09. The fraction of sp³-hybridized carbons (Fsp3) is 0.500. The molecule has 1 fully saturated rings. The number of rotatable bonds is 8. The Kier molecular flexibility index (Phi) is 8.92. The number of benzene rings is 2. The second-order valence-corrected chi connectivity index (χ2v) is 10.2. The summed E-state index contributed by atoms with van der Waals surface area (Å²) in [6, 6.07) is 15.6. The number of carbonyl (C=O) groups excluding carboxylic acids is 1. The fourth-order valence-electron chi connectivity index (χ4n) is 4.51. The Morgan fingerprint density at radius 2 is 1.78 bits per heavy atom. The topological polar surface area (TPSA) is 35.6 Å². The van der Waals surface area contributed by atoms with Crippen molar-refractivity contribution in [2.24, 2.45) is 5.92 Å². The Balaban J connectivity index is 0.00000289. The summed E-state index contributed by atoms with van der Waals surface area (Å²) < 4.78 is 0. The first-order valence-electron chi connectivity index (χ1n) is 11.7. The zero-order chi connectivity index (χ0) is 21.8. The summed E-state index contributed by atoms with van der Waals surface area (Å²) in [5.74, 6) is 0.628. The third-order valence-electron chi connectivity index (χ3n) is 6.50. The van der Waals surface area contributed by atoms with Gasteiger partial charge in [0.2, 0.25) is 5.91 Å². The van der Waals surface area contributed by atoms with Crippen LogP contribution >= 0.6 is 24.2 Å². The van der Waals surface area contributed by atoms with Crippen molar-refractivity contribution in [2.45, 2.75) is 62.3 Å². The van der Waals surface area contributed by atoms with E-state index >= 15 is 0 Å². The zero-order valence-electron chi connectivity index (χ0n) is 19.5. The molecular weight excluding hydrogens is 438 g/mol. The van der Waals surface area contributed by atoms with Gasteiger partial charge < -0.3 is 15.1 Å². The van der Waals surface area contributed by atoms with Gasteiger partial charge in [-0.15, -0.1) is 12.4 Å². The number of anilines is 2. The van der Waals surface area contributed by atoms with E-state index in [1.54, 1.807) is 0 Å². The average Bonchev–Trinajstić information content (AvgIpc) is 3.28. The highest BCUT2D eigenvalue weighted by molar-refractivity contribution is 7.99. The highest BCUT2D eigenvalue weighted by Gasteiger charge is 2.29. The Hall–Kier alpha value is -1.69. The van der Waals surface area contributed by atoms with Crippen LogP contribution in [0.3, 0.4) is 0 Å². The SMILES string of the molecule is CCC(C)CNC(=O)Cc1ccc2c(c1)N(C(C)CN1CCCC1)c1ccccc1S2.Cl. The van der Waals surface area contributed by atoms with Crippen molar-refractivity contribution in [1.82, 2.24) is 10.2 Å². The molecule has 0 spiro atoms. The van der Waals surface area contributed by atoms with E-state index in [1.807, 2.05) is 11.8 Å². The predicted octanol–water partition coefficient (Wildman–Crippen LogP) is 5.90. The van der Waals surface area contributed by atoms with Crippen LogP contribution < -0.4 is 10.2 Å². The Morgan fingerprint density at radius 1 is 1.06 bits per heavy atom. The third-order valence-corrected chi connectivity index (χ3v) is 7.63. The fourth-order valence-corrected chi connectivity index (χ4v) is 5.57. The van der Waals surface area contributed by atoms with Gasteiger partial charge in [0.05, 0.1) is 17.8 Å². The molecule has 1 saturated heterocycles. The van der Waals surface area contributed by atoms with E-state index in [0.29, 0.717) is 18.4 Å². The molecule has 2 heterocycles. The summed E-state index contributed by atoms with van der Waals surface area (Å²) in [4.78, 5) is 20.2. The Labute approximate surface area is 203 Å². The van der Waals surface area contributed by atoms with Crippen LogP contribution in [0.15, 0.2) is 52.3 Å². The van der Waals surface area contributed by atoms with Gasteiger partial charge in [-0.3, -0.25) is 4.79 Å². The number of carbonyl (C=O) groups is 1. The van der Waals surface area contributed by atoms with Crippen molar-refractivity contribution < 1.29 is 4.79 Å².